The van der Waals surface area contributed by atoms with Crippen molar-refractivity contribution in [1.29, 1.82) is 0 Å². The summed E-state index contributed by atoms with van der Waals surface area (Å²) in [5.74, 6) is 2.87. The number of amides is 1. The lowest BCUT2D eigenvalue weighted by molar-refractivity contribution is -0.113. The molecule has 0 bridgehead atoms. The molecule has 35 heavy (non-hydrogen) atoms. The highest BCUT2D eigenvalue weighted by Crippen LogP contribution is 2.39. The number of rotatable bonds is 6. The second kappa shape index (κ2) is 9.60. The summed E-state index contributed by atoms with van der Waals surface area (Å²) in [7, 11) is 1.63. The van der Waals surface area contributed by atoms with Crippen LogP contribution in [-0.2, 0) is 11.3 Å². The topological polar surface area (TPSA) is 102 Å². The lowest BCUT2D eigenvalue weighted by Crippen LogP contribution is -2.43. The summed E-state index contributed by atoms with van der Waals surface area (Å²) in [4.78, 5) is 29.0. The van der Waals surface area contributed by atoms with Gasteiger partial charge < -0.3 is 25.0 Å². The van der Waals surface area contributed by atoms with Crippen molar-refractivity contribution in [3.8, 4) is 11.6 Å². The summed E-state index contributed by atoms with van der Waals surface area (Å²) in [5.41, 5.74) is 3.86. The van der Waals surface area contributed by atoms with Crippen molar-refractivity contribution in [3.63, 3.8) is 0 Å². The summed E-state index contributed by atoms with van der Waals surface area (Å²) >= 11 is 1.54. The minimum absolute atomic E-state index is 0.0157. The number of aromatic nitrogens is 3. The molecular weight excluding hydrogens is 464 g/mol. The molecule has 3 aliphatic heterocycles. The van der Waals surface area contributed by atoms with Gasteiger partial charge in [-0.1, -0.05) is 0 Å². The van der Waals surface area contributed by atoms with Crippen LogP contribution in [0, 0.1) is 0 Å². The van der Waals surface area contributed by atoms with Crippen LogP contribution in [0.5, 0.6) is 11.6 Å². The number of thioether (sulfide) groups is 1. The van der Waals surface area contributed by atoms with Gasteiger partial charge in [0.1, 0.15) is 17.1 Å². The predicted molar refractivity (Wildman–Crippen MR) is 134 cm³/mol. The Morgan fingerprint density at radius 3 is 2.97 bits per heavy atom. The van der Waals surface area contributed by atoms with Crippen LogP contribution in [-0.4, -0.2) is 70.9 Å². The minimum atomic E-state index is 0.0157. The van der Waals surface area contributed by atoms with Gasteiger partial charge in [-0.25, -0.2) is 9.97 Å². The van der Waals surface area contributed by atoms with Crippen molar-refractivity contribution in [1.82, 2.24) is 25.2 Å². The number of anilines is 1. The monoisotopic (exact) mass is 492 g/mol. The molecule has 3 aromatic rings. The van der Waals surface area contributed by atoms with Gasteiger partial charge in [-0.05, 0) is 44.1 Å². The van der Waals surface area contributed by atoms with Crippen molar-refractivity contribution in [3.05, 3.63) is 41.7 Å². The van der Waals surface area contributed by atoms with E-state index in [9.17, 15) is 4.79 Å². The quantitative estimate of drug-likeness (QED) is 0.538. The highest BCUT2D eigenvalue weighted by molar-refractivity contribution is 8.00. The molecule has 0 saturated carbocycles. The van der Waals surface area contributed by atoms with Crippen LogP contribution in [0.3, 0.4) is 0 Å². The molecule has 0 radical (unpaired) electrons. The van der Waals surface area contributed by atoms with E-state index in [-0.39, 0.29) is 11.8 Å². The normalized spacial score (nSPS) is 20.3. The third-order valence-corrected chi connectivity index (χ3v) is 7.96. The van der Waals surface area contributed by atoms with Crippen molar-refractivity contribution in [2.75, 3.05) is 44.4 Å². The van der Waals surface area contributed by atoms with E-state index >= 15 is 0 Å². The number of likely N-dealkylation sites (tertiary alicyclic amines) is 1. The van der Waals surface area contributed by atoms with Crippen LogP contribution in [0.15, 0.2) is 35.4 Å². The van der Waals surface area contributed by atoms with Crippen LogP contribution in [0.2, 0.25) is 0 Å². The van der Waals surface area contributed by atoms with Crippen molar-refractivity contribution >= 4 is 34.5 Å². The van der Waals surface area contributed by atoms with Crippen LogP contribution in [0.1, 0.15) is 30.0 Å². The maximum Gasteiger partial charge on any atom is 0.235 e. The first-order valence-electron chi connectivity index (χ1n) is 12.0. The Morgan fingerprint density at radius 2 is 2.11 bits per heavy atom. The van der Waals surface area contributed by atoms with Crippen molar-refractivity contribution in [2.45, 2.75) is 36.2 Å². The fraction of sp³-hybridized carbons (Fsp3) is 0.440. The standard InChI is InChI=1S/C25H28N6O3S/c1-33-22-5-3-18-24(30-22)23-15(13-34-19(23)11-27-18)12-31-8-6-16(7-9-31)26-10-17-2-4-20-25(28-17)29-21(32)14-35-20/h2-5,11,15-16,26H,6-10,12-14H2,1H3,(H,28,29,32)/t15-/m1/s1. The second-order valence-electron chi connectivity index (χ2n) is 9.21. The van der Waals surface area contributed by atoms with Gasteiger partial charge >= 0.3 is 0 Å². The van der Waals surface area contributed by atoms with E-state index in [2.05, 4.69) is 36.6 Å². The fourth-order valence-corrected chi connectivity index (χ4v) is 5.83. The highest BCUT2D eigenvalue weighted by Gasteiger charge is 2.31. The van der Waals surface area contributed by atoms with E-state index in [4.69, 9.17) is 9.47 Å². The number of hydrogen-bond donors (Lipinski definition) is 2. The number of carbonyl (C=O) groups is 1. The third-order valence-electron chi connectivity index (χ3n) is 6.92. The maximum absolute atomic E-state index is 11.6. The van der Waals surface area contributed by atoms with Gasteiger partial charge in [0.15, 0.2) is 0 Å². The Bertz CT molecular complexity index is 1260. The number of ether oxygens (including phenoxy) is 2. The lowest BCUT2D eigenvalue weighted by Gasteiger charge is -2.33. The molecule has 182 valence electrons. The zero-order valence-electron chi connectivity index (χ0n) is 19.6. The van der Waals surface area contributed by atoms with E-state index in [0.717, 1.165) is 65.4 Å². The van der Waals surface area contributed by atoms with Gasteiger partial charge in [0.05, 0.1) is 41.8 Å². The number of fused-ring (bicyclic) bond motifs is 4. The van der Waals surface area contributed by atoms with Crippen molar-refractivity contribution < 1.29 is 14.3 Å². The lowest BCUT2D eigenvalue weighted by atomic mass is 9.97. The van der Waals surface area contributed by atoms with Crippen LogP contribution in [0.4, 0.5) is 5.82 Å². The molecule has 0 aliphatic carbocycles. The number of methoxy groups -OCH3 is 1. The summed E-state index contributed by atoms with van der Waals surface area (Å²) in [6.45, 7) is 4.38. The van der Waals surface area contributed by atoms with Gasteiger partial charge in [-0.3, -0.25) is 9.78 Å². The number of pyridine rings is 3. The summed E-state index contributed by atoms with van der Waals surface area (Å²) in [5, 5.41) is 6.53. The Kier molecular flexibility index (Phi) is 6.17. The van der Waals surface area contributed by atoms with Crippen LogP contribution >= 0.6 is 11.8 Å². The molecule has 2 N–H and O–H groups in total. The van der Waals surface area contributed by atoms with Gasteiger partial charge in [-0.2, -0.15) is 0 Å². The summed E-state index contributed by atoms with van der Waals surface area (Å²) in [6, 6.07) is 8.36. The van der Waals surface area contributed by atoms with E-state index in [1.165, 1.54) is 11.8 Å². The molecule has 1 atom stereocenters. The van der Waals surface area contributed by atoms with Gasteiger partial charge in [0.25, 0.3) is 0 Å². The molecule has 6 rings (SSSR count). The average Bonchev–Trinajstić information content (AvgIpc) is 3.30. The Balaban J connectivity index is 1.05. The van der Waals surface area contributed by atoms with E-state index < -0.39 is 0 Å². The van der Waals surface area contributed by atoms with Gasteiger partial charge in [0.2, 0.25) is 11.8 Å². The molecule has 0 aromatic carbocycles. The Hall–Kier alpha value is -2.95. The highest BCUT2D eigenvalue weighted by atomic mass is 32.2. The molecule has 1 amide bonds. The molecule has 3 aromatic heterocycles. The Morgan fingerprint density at radius 1 is 1.23 bits per heavy atom. The molecule has 9 nitrogen and oxygen atoms in total. The second-order valence-corrected chi connectivity index (χ2v) is 10.2. The van der Waals surface area contributed by atoms with E-state index in [0.29, 0.717) is 36.6 Å². The first kappa shape index (κ1) is 22.5. The van der Waals surface area contributed by atoms with Gasteiger partial charge in [-0.15, -0.1) is 11.8 Å². The number of hydrogen-bond acceptors (Lipinski definition) is 9. The summed E-state index contributed by atoms with van der Waals surface area (Å²) < 4.78 is 11.3. The molecule has 10 heteroatoms. The molecular formula is C25H28N6O3S. The van der Waals surface area contributed by atoms with Crippen LogP contribution < -0.4 is 20.1 Å². The zero-order valence-corrected chi connectivity index (χ0v) is 20.4. The molecule has 6 heterocycles. The number of nitrogens with zero attached hydrogens (tertiary/aromatic N) is 4. The molecule has 0 unspecified atom stereocenters. The number of carbonyl (C=O) groups excluding carboxylic acids is 1. The minimum Gasteiger partial charge on any atom is -0.491 e. The smallest absolute Gasteiger partial charge is 0.235 e. The van der Waals surface area contributed by atoms with Crippen molar-refractivity contribution in [2.24, 2.45) is 0 Å². The fourth-order valence-electron chi connectivity index (χ4n) is 5.07. The number of piperidine rings is 1. The van der Waals surface area contributed by atoms with Crippen LogP contribution in [0.25, 0.3) is 11.0 Å². The largest absolute Gasteiger partial charge is 0.491 e. The van der Waals surface area contributed by atoms with Gasteiger partial charge in [0, 0.05) is 36.7 Å². The molecule has 0 spiro atoms. The predicted octanol–water partition coefficient (Wildman–Crippen LogP) is 2.81. The first-order valence-corrected chi connectivity index (χ1v) is 13.0. The zero-order chi connectivity index (χ0) is 23.8. The van der Waals surface area contributed by atoms with E-state index in [1.54, 1.807) is 7.11 Å². The molecule has 3 aliphatic rings. The number of nitrogens with one attached hydrogen (secondary N) is 2. The SMILES string of the molecule is COc1ccc2ncc3c(c2n1)[C@H](CN1CCC(NCc2ccc4c(n2)NC(=O)CS4)CC1)CO3. The third kappa shape index (κ3) is 4.65. The Labute approximate surface area is 208 Å². The molecule has 1 saturated heterocycles. The average molecular weight is 493 g/mol. The maximum atomic E-state index is 11.6. The van der Waals surface area contributed by atoms with E-state index in [1.807, 2.05) is 24.4 Å². The summed E-state index contributed by atoms with van der Waals surface area (Å²) in [6.07, 6.45) is 3.99. The first-order chi connectivity index (χ1) is 17.2. The molecule has 1 fully saturated rings.